The Labute approximate surface area is 260 Å². The lowest BCUT2D eigenvalue weighted by Gasteiger charge is -2.30. The van der Waals surface area contributed by atoms with Crippen molar-refractivity contribution in [2.45, 2.75) is 88.9 Å². The van der Waals surface area contributed by atoms with Crippen molar-refractivity contribution < 1.29 is 47.7 Å². The van der Waals surface area contributed by atoms with Crippen molar-refractivity contribution in [1.29, 1.82) is 0 Å². The van der Waals surface area contributed by atoms with E-state index < -0.39 is 71.0 Å². The summed E-state index contributed by atoms with van der Waals surface area (Å²) in [5.74, 6) is -3.45. The van der Waals surface area contributed by atoms with Crippen molar-refractivity contribution in [2.24, 2.45) is 5.92 Å². The largest absolute Gasteiger partial charge is 0.479 e. The molecule has 4 amide bonds. The normalized spacial score (nSPS) is 29.2. The first kappa shape index (κ1) is 32.2. The summed E-state index contributed by atoms with van der Waals surface area (Å²) in [4.78, 5) is 68.2. The maximum Gasteiger partial charge on any atom is 0.410 e. The number of alkyl carbamates (subject to hydrolysis) is 1. The number of halogens is 1. The topological polar surface area (TPSA) is 164 Å². The van der Waals surface area contributed by atoms with Gasteiger partial charge < -0.3 is 34.9 Å². The molecular formula is C31H39FN4O9. The molecule has 3 heterocycles. The predicted octanol–water partition coefficient (Wildman–Crippen LogP) is 2.47. The van der Waals surface area contributed by atoms with E-state index >= 15 is 0 Å². The molecule has 244 valence electrons. The highest BCUT2D eigenvalue weighted by Gasteiger charge is 2.61. The van der Waals surface area contributed by atoms with Crippen LogP contribution >= 0.6 is 0 Å². The van der Waals surface area contributed by atoms with Gasteiger partial charge in [0.1, 0.15) is 35.1 Å². The summed E-state index contributed by atoms with van der Waals surface area (Å²) in [5.41, 5.74) is -1.32. The number of carbonyl (C=O) groups is 5. The molecule has 0 aromatic heterocycles. The Balaban J connectivity index is 1.37. The van der Waals surface area contributed by atoms with Gasteiger partial charge in [-0.1, -0.05) is 24.3 Å². The number of hydrogen-bond acceptors (Lipinski definition) is 8. The number of nitrogens with zero attached hydrogens (tertiary/aromatic N) is 2. The van der Waals surface area contributed by atoms with E-state index in [0.29, 0.717) is 24.0 Å². The Kier molecular flexibility index (Phi) is 9.06. The number of carboxylic acids is 1. The number of hydrogen-bond donors (Lipinski definition) is 3. The van der Waals surface area contributed by atoms with Crippen LogP contribution in [-0.4, -0.2) is 94.0 Å². The number of carbonyl (C=O) groups excluding carboxylic acids is 4. The molecule has 45 heavy (non-hydrogen) atoms. The molecule has 3 N–H and O–H groups in total. The molecule has 3 aliphatic heterocycles. The first-order chi connectivity index (χ1) is 21.3. The van der Waals surface area contributed by atoms with E-state index in [1.807, 2.05) is 6.08 Å². The van der Waals surface area contributed by atoms with Crippen LogP contribution in [0.15, 0.2) is 30.4 Å². The highest BCUT2D eigenvalue weighted by Crippen LogP contribution is 2.45. The Morgan fingerprint density at radius 2 is 1.98 bits per heavy atom. The van der Waals surface area contributed by atoms with E-state index in [-0.39, 0.29) is 45.7 Å². The van der Waals surface area contributed by atoms with Gasteiger partial charge in [0.25, 0.3) is 0 Å². The van der Waals surface area contributed by atoms with Crippen LogP contribution in [0.5, 0.6) is 0 Å². The zero-order valence-corrected chi connectivity index (χ0v) is 25.5. The molecule has 1 aliphatic carbocycles. The van der Waals surface area contributed by atoms with Crippen LogP contribution < -0.4 is 10.6 Å². The van der Waals surface area contributed by atoms with Gasteiger partial charge in [-0.05, 0) is 51.7 Å². The van der Waals surface area contributed by atoms with Crippen LogP contribution in [0.1, 0.15) is 57.6 Å². The fourth-order valence-corrected chi connectivity index (χ4v) is 5.96. The summed E-state index contributed by atoms with van der Waals surface area (Å²) < 4.78 is 31.1. The summed E-state index contributed by atoms with van der Waals surface area (Å²) in [6.07, 6.45) is 2.30. The average molecular weight is 631 g/mol. The highest BCUT2D eigenvalue weighted by molar-refractivity contribution is 5.96. The third-order valence-electron chi connectivity index (χ3n) is 8.34. The summed E-state index contributed by atoms with van der Waals surface area (Å²) in [6.45, 7) is 5.01. The first-order valence-electron chi connectivity index (χ1n) is 15.1. The number of aliphatic carboxylic acids is 1. The second-order valence-corrected chi connectivity index (χ2v) is 12.9. The molecule has 14 heteroatoms. The van der Waals surface area contributed by atoms with Crippen molar-refractivity contribution in [3.05, 3.63) is 47.3 Å². The van der Waals surface area contributed by atoms with E-state index in [4.69, 9.17) is 14.2 Å². The molecule has 0 spiro atoms. The quantitative estimate of drug-likeness (QED) is 0.426. The smallest absolute Gasteiger partial charge is 0.410 e. The number of allylic oxidation sites excluding steroid dienone is 1. The number of carboxylic acid groups (broad SMARTS) is 1. The zero-order chi connectivity index (χ0) is 32.5. The Bertz CT molecular complexity index is 1400. The molecule has 5 rings (SSSR count). The minimum Gasteiger partial charge on any atom is -0.479 e. The minimum absolute atomic E-state index is 0.00930. The lowest BCUT2D eigenvalue weighted by molar-refractivity contribution is -0.146. The van der Waals surface area contributed by atoms with Crippen LogP contribution in [-0.2, 0) is 41.7 Å². The number of fused-ring (bicyclic) bond motifs is 3. The van der Waals surface area contributed by atoms with Crippen LogP contribution in [0.4, 0.5) is 14.0 Å². The number of amides is 4. The first-order valence-corrected chi connectivity index (χ1v) is 15.1. The molecule has 0 unspecified atom stereocenters. The van der Waals surface area contributed by atoms with Crippen molar-refractivity contribution in [1.82, 2.24) is 20.4 Å². The van der Waals surface area contributed by atoms with Gasteiger partial charge >= 0.3 is 18.2 Å². The maximum absolute atomic E-state index is 14.3. The van der Waals surface area contributed by atoms with Gasteiger partial charge in [0, 0.05) is 31.1 Å². The zero-order valence-electron chi connectivity index (χ0n) is 25.5. The van der Waals surface area contributed by atoms with Crippen molar-refractivity contribution in [3.8, 4) is 0 Å². The van der Waals surface area contributed by atoms with Crippen molar-refractivity contribution >= 4 is 30.0 Å². The van der Waals surface area contributed by atoms with Crippen molar-refractivity contribution in [3.63, 3.8) is 0 Å². The summed E-state index contributed by atoms with van der Waals surface area (Å²) in [7, 11) is 0. The summed E-state index contributed by atoms with van der Waals surface area (Å²) >= 11 is 0. The second-order valence-electron chi connectivity index (χ2n) is 12.9. The molecule has 4 aliphatic rings. The van der Waals surface area contributed by atoms with E-state index in [0.717, 1.165) is 0 Å². The van der Waals surface area contributed by atoms with Crippen LogP contribution in [0, 0.1) is 11.7 Å². The molecular weight excluding hydrogens is 591 g/mol. The van der Waals surface area contributed by atoms with E-state index in [9.17, 15) is 33.5 Å². The minimum atomic E-state index is -1.52. The monoisotopic (exact) mass is 630 g/mol. The third-order valence-corrected chi connectivity index (χ3v) is 8.34. The average Bonchev–Trinajstić information content (AvgIpc) is 3.27. The number of benzene rings is 1. The molecule has 1 aromatic carbocycles. The molecule has 5 atom stereocenters. The third kappa shape index (κ3) is 7.21. The lowest BCUT2D eigenvalue weighted by Crippen LogP contribution is -2.57. The molecule has 1 saturated carbocycles. The molecule has 13 nitrogen and oxygen atoms in total. The Morgan fingerprint density at radius 3 is 2.69 bits per heavy atom. The van der Waals surface area contributed by atoms with Gasteiger partial charge in [0.15, 0.2) is 0 Å². The van der Waals surface area contributed by atoms with Crippen LogP contribution in [0.3, 0.4) is 0 Å². The Morgan fingerprint density at radius 1 is 1.20 bits per heavy atom. The predicted molar refractivity (Wildman–Crippen MR) is 155 cm³/mol. The number of nitrogens with one attached hydrogen (secondary N) is 2. The maximum atomic E-state index is 14.3. The van der Waals surface area contributed by atoms with E-state index in [1.165, 1.54) is 15.9 Å². The highest BCUT2D eigenvalue weighted by atomic mass is 19.1. The summed E-state index contributed by atoms with van der Waals surface area (Å²) in [6, 6.07) is 2.14. The summed E-state index contributed by atoms with van der Waals surface area (Å²) in [5, 5.41) is 15.2. The van der Waals surface area contributed by atoms with Gasteiger partial charge in [-0.25, -0.2) is 18.8 Å². The number of rotatable bonds is 3. The van der Waals surface area contributed by atoms with Gasteiger partial charge in [-0.15, -0.1) is 0 Å². The van der Waals surface area contributed by atoms with E-state index in [1.54, 1.807) is 39.0 Å². The fourth-order valence-electron chi connectivity index (χ4n) is 5.96. The molecule has 2 fully saturated rings. The van der Waals surface area contributed by atoms with Gasteiger partial charge in [-0.2, -0.15) is 0 Å². The molecule has 0 radical (unpaired) electrons. The number of ether oxygens (including phenoxy) is 3. The van der Waals surface area contributed by atoms with Crippen LogP contribution in [0.25, 0.3) is 0 Å². The fraction of sp³-hybridized carbons (Fsp3) is 0.581. The molecule has 0 bridgehead atoms. The van der Waals surface area contributed by atoms with Gasteiger partial charge in [-0.3, -0.25) is 14.5 Å². The van der Waals surface area contributed by atoms with Gasteiger partial charge in [0.05, 0.1) is 19.7 Å². The molecule has 1 aromatic rings. The van der Waals surface area contributed by atoms with Crippen molar-refractivity contribution in [2.75, 3.05) is 19.8 Å². The SMILES string of the molecule is CC(C)(C)OC(=O)N[C@H]1COCCC/C=C\[C@@H]2C[C@@]2(C(=O)O)NC(=O)[C@@H]2C[C@@H](OC(=O)N3Cc4cccc(F)c4C3)CN2C1=O. The lowest BCUT2D eigenvalue weighted by atomic mass is 10.1. The van der Waals surface area contributed by atoms with Crippen LogP contribution in [0.2, 0.25) is 0 Å². The Hall–Kier alpha value is -4.20. The molecule has 1 saturated heterocycles. The van der Waals surface area contributed by atoms with Gasteiger partial charge in [0.2, 0.25) is 11.8 Å². The van der Waals surface area contributed by atoms with E-state index in [2.05, 4.69) is 10.6 Å². The standard InChI is InChI=1S/C31H39FN4O9/c1-30(2,3)45-28(41)33-23-17-43-11-6-4-5-9-19-13-31(19,27(39)40)34-25(37)24-12-20(15-36(24)26(23)38)44-29(42)35-14-18-8-7-10-22(32)21(18)16-35/h5,7-10,19-20,23-24H,4,6,11-17H2,1-3H3,(H,33,41)(H,34,37)(H,39,40)/b9-5-/t19-,20-,23+,24+,31-/m1/s1. The second kappa shape index (κ2) is 12.7.